The number of hydrogen-bond acceptors (Lipinski definition) is 2. The smallest absolute Gasteiger partial charge is 0.149 e. The van der Waals surface area contributed by atoms with E-state index in [9.17, 15) is 5.11 Å². The van der Waals surface area contributed by atoms with E-state index >= 15 is 0 Å². The molecule has 4 rings (SSSR count). The first-order chi connectivity index (χ1) is 11.3. The van der Waals surface area contributed by atoms with Crippen molar-refractivity contribution in [3.05, 3.63) is 95.6 Å². The number of hydrogen-bond donors (Lipinski definition) is 1. The summed E-state index contributed by atoms with van der Waals surface area (Å²) in [5.74, 6) is 1.14. The molecule has 23 heavy (non-hydrogen) atoms. The van der Waals surface area contributed by atoms with Gasteiger partial charge in [-0.25, -0.2) is 0 Å². The van der Waals surface area contributed by atoms with Gasteiger partial charge in [0.1, 0.15) is 17.6 Å². The maximum Gasteiger partial charge on any atom is 0.149 e. The van der Waals surface area contributed by atoms with Crippen LogP contribution >= 0.6 is 0 Å². The van der Waals surface area contributed by atoms with Gasteiger partial charge in [-0.1, -0.05) is 60.7 Å². The highest BCUT2D eigenvalue weighted by Crippen LogP contribution is 2.42. The molecule has 0 aliphatic carbocycles. The van der Waals surface area contributed by atoms with Crippen molar-refractivity contribution in [2.45, 2.75) is 6.10 Å². The summed E-state index contributed by atoms with van der Waals surface area (Å²) in [6, 6.07) is 25.5. The van der Waals surface area contributed by atoms with Crippen LogP contribution in [0.2, 0.25) is 0 Å². The van der Waals surface area contributed by atoms with Crippen molar-refractivity contribution in [3.8, 4) is 11.5 Å². The standard InChI is InChI=1S/C21H16O2/c22-18-12-10-16(11-13-18)21-19(15-6-2-1-3-7-15)14-17-8-4-5-9-20(17)23-21/h1-14,21-22H/t21-/m1/s1. The Morgan fingerprint density at radius 3 is 2.22 bits per heavy atom. The number of aromatic hydroxyl groups is 1. The van der Waals surface area contributed by atoms with Crippen LogP contribution in [0.4, 0.5) is 0 Å². The Morgan fingerprint density at radius 2 is 1.43 bits per heavy atom. The molecule has 3 aromatic rings. The molecule has 3 aromatic carbocycles. The second-order valence-electron chi connectivity index (χ2n) is 5.59. The van der Waals surface area contributed by atoms with Crippen LogP contribution in [0.25, 0.3) is 11.6 Å². The quantitative estimate of drug-likeness (QED) is 0.716. The third kappa shape index (κ3) is 2.59. The lowest BCUT2D eigenvalue weighted by Gasteiger charge is -2.28. The molecule has 2 heteroatoms. The highest BCUT2D eigenvalue weighted by Gasteiger charge is 2.25. The van der Waals surface area contributed by atoms with E-state index in [2.05, 4.69) is 24.3 Å². The number of phenols is 1. The van der Waals surface area contributed by atoms with Gasteiger partial charge in [0.2, 0.25) is 0 Å². The monoisotopic (exact) mass is 300 g/mol. The molecule has 1 aliphatic rings. The van der Waals surface area contributed by atoms with Crippen LogP contribution in [0, 0.1) is 0 Å². The fraction of sp³-hybridized carbons (Fsp3) is 0.0476. The molecule has 0 aromatic heterocycles. The van der Waals surface area contributed by atoms with E-state index in [4.69, 9.17) is 4.74 Å². The average Bonchev–Trinajstić information content (AvgIpc) is 2.62. The molecule has 1 atom stereocenters. The van der Waals surface area contributed by atoms with Gasteiger partial charge in [-0.15, -0.1) is 0 Å². The maximum absolute atomic E-state index is 9.54. The highest BCUT2D eigenvalue weighted by atomic mass is 16.5. The first-order valence-electron chi connectivity index (χ1n) is 7.63. The van der Waals surface area contributed by atoms with E-state index in [0.717, 1.165) is 28.0 Å². The van der Waals surface area contributed by atoms with Crippen molar-refractivity contribution < 1.29 is 9.84 Å². The fourth-order valence-corrected chi connectivity index (χ4v) is 2.90. The third-order valence-electron chi connectivity index (χ3n) is 4.06. The lowest BCUT2D eigenvalue weighted by molar-refractivity contribution is 0.261. The van der Waals surface area contributed by atoms with Crippen molar-refractivity contribution >= 4 is 11.6 Å². The van der Waals surface area contributed by atoms with Gasteiger partial charge in [0, 0.05) is 11.1 Å². The Morgan fingerprint density at radius 1 is 0.739 bits per heavy atom. The molecule has 2 nitrogen and oxygen atoms in total. The summed E-state index contributed by atoms with van der Waals surface area (Å²) >= 11 is 0. The SMILES string of the molecule is Oc1ccc([C@H]2Oc3ccccc3C=C2c2ccccc2)cc1. The van der Waals surface area contributed by atoms with Gasteiger partial charge in [0.15, 0.2) is 0 Å². The number of phenolic OH excluding ortho intramolecular Hbond substituents is 1. The first kappa shape index (κ1) is 13.6. The van der Waals surface area contributed by atoms with Gasteiger partial charge in [-0.3, -0.25) is 0 Å². The Bertz CT molecular complexity index is 849. The molecule has 0 fully saturated rings. The van der Waals surface area contributed by atoms with Gasteiger partial charge in [-0.2, -0.15) is 0 Å². The second kappa shape index (κ2) is 5.65. The van der Waals surface area contributed by atoms with Crippen LogP contribution in [0.3, 0.4) is 0 Å². The zero-order chi connectivity index (χ0) is 15.6. The summed E-state index contributed by atoms with van der Waals surface area (Å²) in [6.45, 7) is 0. The topological polar surface area (TPSA) is 29.5 Å². The van der Waals surface area contributed by atoms with Crippen molar-refractivity contribution in [2.75, 3.05) is 0 Å². The zero-order valence-corrected chi connectivity index (χ0v) is 12.5. The molecule has 0 spiro atoms. The number of ether oxygens (including phenoxy) is 1. The van der Waals surface area contributed by atoms with E-state index in [-0.39, 0.29) is 11.9 Å². The lowest BCUT2D eigenvalue weighted by atomic mass is 9.91. The molecule has 0 bridgehead atoms. The summed E-state index contributed by atoms with van der Waals surface area (Å²) in [7, 11) is 0. The minimum atomic E-state index is -0.187. The third-order valence-corrected chi connectivity index (χ3v) is 4.06. The highest BCUT2D eigenvalue weighted by molar-refractivity contribution is 5.87. The zero-order valence-electron chi connectivity index (χ0n) is 12.5. The summed E-state index contributed by atoms with van der Waals surface area (Å²) in [5, 5.41) is 9.54. The van der Waals surface area contributed by atoms with Crippen molar-refractivity contribution in [3.63, 3.8) is 0 Å². The van der Waals surface area contributed by atoms with Gasteiger partial charge >= 0.3 is 0 Å². The Balaban J connectivity index is 1.85. The number of para-hydroxylation sites is 1. The minimum Gasteiger partial charge on any atom is -0.508 e. The molecule has 112 valence electrons. The van der Waals surface area contributed by atoms with Crippen molar-refractivity contribution in [2.24, 2.45) is 0 Å². The molecule has 0 amide bonds. The van der Waals surface area contributed by atoms with Crippen LogP contribution in [-0.4, -0.2) is 5.11 Å². The fourth-order valence-electron chi connectivity index (χ4n) is 2.90. The van der Waals surface area contributed by atoms with E-state index in [1.165, 1.54) is 0 Å². The summed E-state index contributed by atoms with van der Waals surface area (Å²) < 4.78 is 6.27. The molecule has 0 saturated carbocycles. The van der Waals surface area contributed by atoms with E-state index in [1.807, 2.05) is 48.5 Å². The minimum absolute atomic E-state index is 0.187. The van der Waals surface area contributed by atoms with Gasteiger partial charge in [-0.05, 0) is 35.4 Å². The first-order valence-corrected chi connectivity index (χ1v) is 7.63. The van der Waals surface area contributed by atoms with Crippen molar-refractivity contribution in [1.82, 2.24) is 0 Å². The number of benzene rings is 3. The van der Waals surface area contributed by atoms with Crippen LogP contribution in [-0.2, 0) is 0 Å². The predicted octanol–water partition coefficient (Wildman–Crippen LogP) is 5.07. The summed E-state index contributed by atoms with van der Waals surface area (Å²) in [6.07, 6.45) is 2.00. The molecule has 1 heterocycles. The Labute approximate surface area is 135 Å². The van der Waals surface area contributed by atoms with Gasteiger partial charge in [0.05, 0.1) is 0 Å². The van der Waals surface area contributed by atoms with E-state index in [1.54, 1.807) is 12.1 Å². The molecule has 0 unspecified atom stereocenters. The molecule has 0 saturated heterocycles. The van der Waals surface area contributed by atoms with Gasteiger partial charge < -0.3 is 9.84 Å². The summed E-state index contributed by atoms with van der Waals surface area (Å²) in [4.78, 5) is 0. The molecular weight excluding hydrogens is 284 g/mol. The van der Waals surface area contributed by atoms with Crippen LogP contribution < -0.4 is 4.74 Å². The molecular formula is C21H16O2. The lowest BCUT2D eigenvalue weighted by Crippen LogP contribution is -2.14. The number of rotatable bonds is 2. The predicted molar refractivity (Wildman–Crippen MR) is 92.2 cm³/mol. The molecule has 0 radical (unpaired) electrons. The van der Waals surface area contributed by atoms with E-state index in [0.29, 0.717) is 0 Å². The van der Waals surface area contributed by atoms with Gasteiger partial charge in [0.25, 0.3) is 0 Å². The maximum atomic E-state index is 9.54. The largest absolute Gasteiger partial charge is 0.508 e. The Hall–Kier alpha value is -3.00. The summed E-state index contributed by atoms with van der Waals surface area (Å²) in [5.41, 5.74) is 4.36. The van der Waals surface area contributed by atoms with Crippen LogP contribution in [0.5, 0.6) is 11.5 Å². The van der Waals surface area contributed by atoms with E-state index < -0.39 is 0 Å². The van der Waals surface area contributed by atoms with Crippen LogP contribution in [0.15, 0.2) is 78.9 Å². The normalized spacial score (nSPS) is 16.2. The van der Waals surface area contributed by atoms with Crippen molar-refractivity contribution in [1.29, 1.82) is 0 Å². The Kier molecular flexibility index (Phi) is 3.35. The second-order valence-corrected chi connectivity index (χ2v) is 5.59. The molecule has 1 aliphatic heterocycles. The average molecular weight is 300 g/mol. The molecule has 1 N–H and O–H groups in total. The van der Waals surface area contributed by atoms with Crippen LogP contribution in [0.1, 0.15) is 22.8 Å². The number of fused-ring (bicyclic) bond motifs is 1.